The molecule has 72 valence electrons. The summed E-state index contributed by atoms with van der Waals surface area (Å²) in [6.07, 6.45) is 0.525. The van der Waals surface area contributed by atoms with Crippen molar-refractivity contribution in [1.82, 2.24) is 0 Å². The summed E-state index contributed by atoms with van der Waals surface area (Å²) < 4.78 is 4.86. The third-order valence-electron chi connectivity index (χ3n) is 1.88. The van der Waals surface area contributed by atoms with E-state index in [-0.39, 0.29) is 5.97 Å². The summed E-state index contributed by atoms with van der Waals surface area (Å²) in [5, 5.41) is 0.865. The van der Waals surface area contributed by atoms with E-state index in [2.05, 4.69) is 29.8 Å². The molecule has 12 heavy (non-hydrogen) atoms. The van der Waals surface area contributed by atoms with Crippen LogP contribution in [0.4, 0.5) is 0 Å². The minimum Gasteiger partial charge on any atom is -0.466 e. The first-order valence-corrected chi connectivity index (χ1v) is 5.45. The zero-order chi connectivity index (χ0) is 9.56. The molecule has 0 radical (unpaired) electrons. The summed E-state index contributed by atoms with van der Waals surface area (Å²) in [6.45, 7) is 6.54. The molecule has 3 heteroatoms. The van der Waals surface area contributed by atoms with E-state index in [0.717, 1.165) is 5.33 Å². The minimum absolute atomic E-state index is 0.0874. The average molecular weight is 237 g/mol. The molecule has 0 aliphatic rings. The minimum atomic E-state index is -0.0874. The summed E-state index contributed by atoms with van der Waals surface area (Å²) in [5.74, 6) is 0.827. The van der Waals surface area contributed by atoms with Crippen molar-refractivity contribution in [2.45, 2.75) is 27.2 Å². The molecule has 0 saturated heterocycles. The van der Waals surface area contributed by atoms with E-state index in [1.807, 2.05) is 6.92 Å². The maximum atomic E-state index is 11.1. The SMILES string of the molecule is CCOC(=O)C[C@H](CBr)C(C)C. The standard InChI is InChI=1S/C9H17BrO2/c1-4-12-9(11)5-8(6-10)7(2)3/h7-8H,4-6H2,1-3H3/t8-/m1/s1. The number of carbonyl (C=O) groups is 1. The molecule has 0 spiro atoms. The van der Waals surface area contributed by atoms with Crippen LogP contribution in [0.15, 0.2) is 0 Å². The fraction of sp³-hybridized carbons (Fsp3) is 0.889. The van der Waals surface area contributed by atoms with Gasteiger partial charge in [-0.25, -0.2) is 0 Å². The van der Waals surface area contributed by atoms with Gasteiger partial charge in [-0.2, -0.15) is 0 Å². The van der Waals surface area contributed by atoms with E-state index < -0.39 is 0 Å². The van der Waals surface area contributed by atoms with Crippen LogP contribution < -0.4 is 0 Å². The van der Waals surface area contributed by atoms with Gasteiger partial charge in [0.2, 0.25) is 0 Å². The normalized spacial score (nSPS) is 13.1. The highest BCUT2D eigenvalue weighted by Crippen LogP contribution is 2.18. The van der Waals surface area contributed by atoms with Crippen molar-refractivity contribution in [1.29, 1.82) is 0 Å². The predicted octanol–water partition coefficient (Wildman–Crippen LogP) is 2.61. The van der Waals surface area contributed by atoms with Gasteiger partial charge in [0.25, 0.3) is 0 Å². The molecule has 0 saturated carbocycles. The third kappa shape index (κ3) is 4.75. The van der Waals surface area contributed by atoms with Gasteiger partial charge in [0, 0.05) is 11.8 Å². The molecule has 0 aromatic heterocycles. The van der Waals surface area contributed by atoms with Gasteiger partial charge in [0.15, 0.2) is 0 Å². The predicted molar refractivity (Wildman–Crippen MR) is 53.4 cm³/mol. The lowest BCUT2D eigenvalue weighted by molar-refractivity contribution is -0.144. The second-order valence-electron chi connectivity index (χ2n) is 3.17. The van der Waals surface area contributed by atoms with Gasteiger partial charge in [0.05, 0.1) is 6.61 Å². The Hall–Kier alpha value is -0.0500. The van der Waals surface area contributed by atoms with Gasteiger partial charge >= 0.3 is 5.97 Å². The van der Waals surface area contributed by atoms with Crippen molar-refractivity contribution < 1.29 is 9.53 Å². The first-order valence-electron chi connectivity index (χ1n) is 4.33. The summed E-state index contributed by atoms with van der Waals surface area (Å²) in [7, 11) is 0. The van der Waals surface area contributed by atoms with E-state index in [1.54, 1.807) is 0 Å². The summed E-state index contributed by atoms with van der Waals surface area (Å²) in [6, 6.07) is 0. The van der Waals surface area contributed by atoms with Crippen molar-refractivity contribution >= 4 is 21.9 Å². The van der Waals surface area contributed by atoms with E-state index in [1.165, 1.54) is 0 Å². The third-order valence-corrected chi connectivity index (χ3v) is 2.71. The van der Waals surface area contributed by atoms with E-state index in [9.17, 15) is 4.79 Å². The Morgan fingerprint density at radius 3 is 2.42 bits per heavy atom. The highest BCUT2D eigenvalue weighted by atomic mass is 79.9. The van der Waals surface area contributed by atoms with Gasteiger partial charge < -0.3 is 4.74 Å². The monoisotopic (exact) mass is 236 g/mol. The van der Waals surface area contributed by atoms with Crippen LogP contribution in [0.1, 0.15) is 27.2 Å². The lowest BCUT2D eigenvalue weighted by atomic mass is 9.95. The topological polar surface area (TPSA) is 26.3 Å². The number of hydrogen-bond donors (Lipinski definition) is 0. The molecule has 0 unspecified atom stereocenters. The fourth-order valence-corrected chi connectivity index (χ4v) is 1.88. The zero-order valence-corrected chi connectivity index (χ0v) is 9.56. The molecule has 0 heterocycles. The van der Waals surface area contributed by atoms with Gasteiger partial charge in [-0.15, -0.1) is 0 Å². The van der Waals surface area contributed by atoms with Crippen LogP contribution in [0.3, 0.4) is 0 Å². The van der Waals surface area contributed by atoms with Gasteiger partial charge in [-0.05, 0) is 18.8 Å². The Labute approximate surface area is 82.8 Å². The smallest absolute Gasteiger partial charge is 0.306 e. The second-order valence-corrected chi connectivity index (χ2v) is 3.82. The van der Waals surface area contributed by atoms with E-state index in [0.29, 0.717) is 24.9 Å². The molecule has 0 bridgehead atoms. The Morgan fingerprint density at radius 2 is 2.08 bits per heavy atom. The number of alkyl halides is 1. The Kier molecular flexibility index (Phi) is 6.44. The zero-order valence-electron chi connectivity index (χ0n) is 7.97. The molecule has 1 atom stereocenters. The lowest BCUT2D eigenvalue weighted by Crippen LogP contribution is -2.17. The summed E-state index contributed by atoms with van der Waals surface area (Å²) >= 11 is 3.39. The number of rotatable bonds is 5. The fourth-order valence-electron chi connectivity index (χ4n) is 0.902. The van der Waals surface area contributed by atoms with Crippen LogP contribution in [0.25, 0.3) is 0 Å². The molecule has 0 aliphatic carbocycles. The number of carbonyl (C=O) groups excluding carboxylic acids is 1. The Balaban J connectivity index is 3.77. The van der Waals surface area contributed by atoms with Crippen molar-refractivity contribution in [3.63, 3.8) is 0 Å². The Bertz CT molecular complexity index is 134. The molecule has 0 amide bonds. The van der Waals surface area contributed by atoms with E-state index in [4.69, 9.17) is 4.74 Å². The lowest BCUT2D eigenvalue weighted by Gasteiger charge is -2.16. The van der Waals surface area contributed by atoms with Crippen LogP contribution in [-0.4, -0.2) is 17.9 Å². The molecule has 0 N–H and O–H groups in total. The first kappa shape index (κ1) is 11.9. The highest BCUT2D eigenvalue weighted by Gasteiger charge is 2.16. The quantitative estimate of drug-likeness (QED) is 0.542. The summed E-state index contributed by atoms with van der Waals surface area (Å²) in [5.41, 5.74) is 0. The molecule has 0 aromatic rings. The number of halogens is 1. The molecule has 2 nitrogen and oxygen atoms in total. The maximum absolute atomic E-state index is 11.1. The first-order chi connectivity index (χ1) is 5.61. The highest BCUT2D eigenvalue weighted by molar-refractivity contribution is 9.09. The van der Waals surface area contributed by atoms with Gasteiger partial charge in [0.1, 0.15) is 0 Å². The van der Waals surface area contributed by atoms with Gasteiger partial charge in [-0.3, -0.25) is 4.79 Å². The molecular weight excluding hydrogens is 220 g/mol. The van der Waals surface area contributed by atoms with Crippen molar-refractivity contribution in [2.24, 2.45) is 11.8 Å². The molecule has 0 aliphatic heterocycles. The molecule has 0 rings (SSSR count). The van der Waals surface area contributed by atoms with Crippen molar-refractivity contribution in [2.75, 3.05) is 11.9 Å². The molecular formula is C9H17BrO2. The van der Waals surface area contributed by atoms with Crippen LogP contribution >= 0.6 is 15.9 Å². The van der Waals surface area contributed by atoms with Crippen LogP contribution in [0.5, 0.6) is 0 Å². The second kappa shape index (κ2) is 6.46. The van der Waals surface area contributed by atoms with Crippen LogP contribution in [0, 0.1) is 11.8 Å². The van der Waals surface area contributed by atoms with E-state index >= 15 is 0 Å². The largest absolute Gasteiger partial charge is 0.466 e. The Morgan fingerprint density at radius 1 is 1.50 bits per heavy atom. The van der Waals surface area contributed by atoms with Gasteiger partial charge in [-0.1, -0.05) is 29.8 Å². The van der Waals surface area contributed by atoms with Crippen LogP contribution in [-0.2, 0) is 9.53 Å². The van der Waals surface area contributed by atoms with Crippen LogP contribution in [0.2, 0.25) is 0 Å². The maximum Gasteiger partial charge on any atom is 0.306 e. The molecule has 0 aromatic carbocycles. The average Bonchev–Trinajstić information content (AvgIpc) is 2.00. The molecule has 0 fully saturated rings. The number of hydrogen-bond acceptors (Lipinski definition) is 2. The number of esters is 1. The van der Waals surface area contributed by atoms with Crippen molar-refractivity contribution in [3.8, 4) is 0 Å². The summed E-state index contributed by atoms with van der Waals surface area (Å²) in [4.78, 5) is 11.1. The van der Waals surface area contributed by atoms with Crippen molar-refractivity contribution in [3.05, 3.63) is 0 Å². The number of ether oxygens (including phenoxy) is 1.